The molecule has 2 aromatic carbocycles. The lowest BCUT2D eigenvalue weighted by Crippen LogP contribution is -2.44. The Bertz CT molecular complexity index is 1090. The fourth-order valence-corrected chi connectivity index (χ4v) is 6.21. The molecule has 1 N–H and O–H groups in total. The fraction of sp³-hybridized carbons (Fsp3) is 0.481. The van der Waals surface area contributed by atoms with Crippen molar-refractivity contribution in [3.05, 3.63) is 70.7 Å². The molecule has 2 aliphatic rings. The highest BCUT2D eigenvalue weighted by Gasteiger charge is 2.46. The number of nitrogens with zero attached hydrogens (tertiary/aromatic N) is 1. The number of H-pyrrole nitrogens is 1. The molecule has 2 atom stereocenters. The number of aromatic amines is 1. The molecule has 0 saturated heterocycles. The van der Waals surface area contributed by atoms with E-state index in [0.29, 0.717) is 5.92 Å². The third kappa shape index (κ3) is 3.60. The zero-order valence-corrected chi connectivity index (χ0v) is 19.0. The van der Waals surface area contributed by atoms with Gasteiger partial charge in [-0.3, -0.25) is 0 Å². The third-order valence-corrected chi connectivity index (χ3v) is 7.47. The number of hydrogen-bond donors (Lipinski definition) is 1. The first-order valence-electron chi connectivity index (χ1n) is 11.6. The Labute approximate surface area is 184 Å². The number of benzene rings is 2. The number of aromatic nitrogens is 1. The predicted molar refractivity (Wildman–Crippen MR) is 124 cm³/mol. The quantitative estimate of drug-likeness (QED) is 0.541. The SMILES string of the molecule is Cc1ccc2[nH]c3c(c2c1)CC(C)OC31CCC(C(c2cccc(F)c2)N(C)C)CC1. The van der Waals surface area contributed by atoms with Gasteiger partial charge in [-0.25, -0.2) is 4.39 Å². The summed E-state index contributed by atoms with van der Waals surface area (Å²) in [6.45, 7) is 4.37. The van der Waals surface area contributed by atoms with Crippen LogP contribution in [0.4, 0.5) is 4.39 Å². The van der Waals surface area contributed by atoms with Crippen LogP contribution in [0.5, 0.6) is 0 Å². The van der Waals surface area contributed by atoms with E-state index in [2.05, 4.69) is 62.1 Å². The molecule has 164 valence electrons. The normalized spacial score (nSPS) is 27.0. The highest BCUT2D eigenvalue weighted by atomic mass is 19.1. The van der Waals surface area contributed by atoms with Gasteiger partial charge in [0.05, 0.1) is 11.8 Å². The number of halogens is 1. The lowest BCUT2D eigenvalue weighted by Gasteiger charge is -2.47. The van der Waals surface area contributed by atoms with E-state index in [1.54, 1.807) is 6.07 Å². The van der Waals surface area contributed by atoms with E-state index >= 15 is 0 Å². The Morgan fingerprint density at radius 2 is 1.90 bits per heavy atom. The zero-order chi connectivity index (χ0) is 21.8. The van der Waals surface area contributed by atoms with Crippen molar-refractivity contribution in [1.82, 2.24) is 9.88 Å². The molecule has 1 aliphatic carbocycles. The van der Waals surface area contributed by atoms with Crippen LogP contribution < -0.4 is 0 Å². The van der Waals surface area contributed by atoms with Crippen LogP contribution in [-0.2, 0) is 16.8 Å². The zero-order valence-electron chi connectivity index (χ0n) is 19.0. The number of rotatable bonds is 3. The number of nitrogens with one attached hydrogen (secondary N) is 1. The average Bonchev–Trinajstić information content (AvgIpc) is 3.08. The minimum Gasteiger partial charge on any atom is -0.365 e. The van der Waals surface area contributed by atoms with Crippen molar-refractivity contribution in [1.29, 1.82) is 0 Å². The Balaban J connectivity index is 1.46. The topological polar surface area (TPSA) is 28.3 Å². The van der Waals surface area contributed by atoms with E-state index < -0.39 is 0 Å². The van der Waals surface area contributed by atoms with Crippen LogP contribution in [0, 0.1) is 18.7 Å². The van der Waals surface area contributed by atoms with E-state index in [0.717, 1.165) is 37.7 Å². The summed E-state index contributed by atoms with van der Waals surface area (Å²) >= 11 is 0. The summed E-state index contributed by atoms with van der Waals surface area (Å²) in [6, 6.07) is 14.0. The summed E-state index contributed by atoms with van der Waals surface area (Å²) in [6.07, 6.45) is 5.32. The first-order chi connectivity index (χ1) is 14.9. The first-order valence-corrected chi connectivity index (χ1v) is 11.6. The molecule has 5 rings (SSSR count). The summed E-state index contributed by atoms with van der Waals surface area (Å²) in [5.74, 6) is 0.331. The summed E-state index contributed by atoms with van der Waals surface area (Å²) in [5, 5.41) is 1.36. The number of aryl methyl sites for hydroxylation is 1. The maximum Gasteiger partial charge on any atom is 0.123 e. The van der Waals surface area contributed by atoms with Gasteiger partial charge in [0.25, 0.3) is 0 Å². The Hall–Kier alpha value is -2.17. The summed E-state index contributed by atoms with van der Waals surface area (Å²) in [4.78, 5) is 5.99. The van der Waals surface area contributed by atoms with Crippen molar-refractivity contribution in [2.75, 3.05) is 14.1 Å². The average molecular weight is 421 g/mol. The predicted octanol–water partition coefficient (Wildman–Crippen LogP) is 6.27. The Morgan fingerprint density at radius 1 is 1.13 bits per heavy atom. The molecule has 3 nitrogen and oxygen atoms in total. The monoisotopic (exact) mass is 420 g/mol. The molecule has 2 heterocycles. The van der Waals surface area contributed by atoms with Gasteiger partial charge in [0, 0.05) is 23.4 Å². The third-order valence-electron chi connectivity index (χ3n) is 7.47. The lowest BCUT2D eigenvalue weighted by molar-refractivity contribution is -0.135. The fourth-order valence-electron chi connectivity index (χ4n) is 6.21. The number of hydrogen-bond acceptors (Lipinski definition) is 2. The van der Waals surface area contributed by atoms with E-state index in [9.17, 15) is 4.39 Å². The second-order valence-electron chi connectivity index (χ2n) is 9.96. The van der Waals surface area contributed by atoms with Gasteiger partial charge in [-0.05, 0) is 94.9 Å². The number of ether oxygens (including phenoxy) is 1. The van der Waals surface area contributed by atoms with Gasteiger partial charge < -0.3 is 14.6 Å². The van der Waals surface area contributed by atoms with Crippen molar-refractivity contribution in [3.63, 3.8) is 0 Å². The molecule has 3 aromatic rings. The molecule has 1 aromatic heterocycles. The maximum atomic E-state index is 13.9. The second-order valence-corrected chi connectivity index (χ2v) is 9.96. The van der Waals surface area contributed by atoms with Crippen molar-refractivity contribution >= 4 is 10.9 Å². The van der Waals surface area contributed by atoms with Gasteiger partial charge in [-0.2, -0.15) is 0 Å². The van der Waals surface area contributed by atoms with Gasteiger partial charge in [-0.15, -0.1) is 0 Å². The molecule has 1 aliphatic heterocycles. The molecule has 0 bridgehead atoms. The summed E-state index contributed by atoms with van der Waals surface area (Å²) < 4.78 is 20.6. The van der Waals surface area contributed by atoms with Crippen LogP contribution in [0.2, 0.25) is 0 Å². The minimum absolute atomic E-state index is 0.154. The lowest BCUT2D eigenvalue weighted by atomic mass is 9.71. The standard InChI is InChI=1S/C27H33FN2O/c1-17-8-9-24-22(14-17)23-15-18(2)31-27(26(23)29-24)12-10-19(11-13-27)25(30(3)4)20-6-5-7-21(28)16-20/h5-9,14,16,18-19,25,29H,10-13,15H2,1-4H3. The van der Waals surface area contributed by atoms with E-state index in [-0.39, 0.29) is 23.6 Å². The highest BCUT2D eigenvalue weighted by Crippen LogP contribution is 2.51. The van der Waals surface area contributed by atoms with Gasteiger partial charge in [0.15, 0.2) is 0 Å². The van der Waals surface area contributed by atoms with Crippen molar-refractivity contribution in [2.24, 2.45) is 5.92 Å². The molecule has 1 fully saturated rings. The van der Waals surface area contributed by atoms with Crippen LogP contribution in [0.1, 0.15) is 61.0 Å². The van der Waals surface area contributed by atoms with Crippen molar-refractivity contribution in [2.45, 2.75) is 63.7 Å². The van der Waals surface area contributed by atoms with Crippen LogP contribution in [0.25, 0.3) is 10.9 Å². The van der Waals surface area contributed by atoms with Gasteiger partial charge in [0.1, 0.15) is 11.4 Å². The van der Waals surface area contributed by atoms with Crippen LogP contribution in [0.3, 0.4) is 0 Å². The molecule has 1 saturated carbocycles. The van der Waals surface area contributed by atoms with Crippen molar-refractivity contribution < 1.29 is 9.13 Å². The van der Waals surface area contributed by atoms with E-state index in [4.69, 9.17) is 4.74 Å². The Kier molecular flexibility index (Phi) is 5.18. The van der Waals surface area contributed by atoms with Gasteiger partial charge in [-0.1, -0.05) is 23.8 Å². The Morgan fingerprint density at radius 3 is 2.61 bits per heavy atom. The van der Waals surface area contributed by atoms with Crippen LogP contribution in [-0.4, -0.2) is 30.1 Å². The molecule has 1 spiro atoms. The molecule has 31 heavy (non-hydrogen) atoms. The van der Waals surface area contributed by atoms with Crippen LogP contribution in [0.15, 0.2) is 42.5 Å². The largest absolute Gasteiger partial charge is 0.365 e. The molecular formula is C27H33FN2O. The molecule has 0 radical (unpaired) electrons. The van der Waals surface area contributed by atoms with E-state index in [1.165, 1.54) is 33.8 Å². The summed E-state index contributed by atoms with van der Waals surface area (Å²) in [5.41, 5.74) is 6.12. The minimum atomic E-state index is -0.227. The first kappa shape index (κ1) is 20.7. The molecule has 4 heteroatoms. The van der Waals surface area contributed by atoms with E-state index in [1.807, 2.05) is 6.07 Å². The molecular weight excluding hydrogens is 387 g/mol. The second kappa shape index (κ2) is 7.75. The smallest absolute Gasteiger partial charge is 0.123 e. The highest BCUT2D eigenvalue weighted by molar-refractivity contribution is 5.86. The molecule has 0 amide bonds. The van der Waals surface area contributed by atoms with Crippen molar-refractivity contribution in [3.8, 4) is 0 Å². The van der Waals surface area contributed by atoms with Gasteiger partial charge >= 0.3 is 0 Å². The summed E-state index contributed by atoms with van der Waals surface area (Å²) in [7, 11) is 4.22. The maximum absolute atomic E-state index is 13.9. The number of fused-ring (bicyclic) bond motifs is 4. The van der Waals surface area contributed by atoms with Crippen LogP contribution >= 0.6 is 0 Å². The molecule has 2 unspecified atom stereocenters. The van der Waals surface area contributed by atoms with Gasteiger partial charge in [0.2, 0.25) is 0 Å².